The van der Waals surface area contributed by atoms with Crippen molar-refractivity contribution in [1.29, 1.82) is 0 Å². The number of aliphatic carboxylic acids is 1. The van der Waals surface area contributed by atoms with Crippen LogP contribution in [0.5, 0.6) is 0 Å². The van der Waals surface area contributed by atoms with E-state index in [1.807, 2.05) is 24.3 Å². The Morgan fingerprint density at radius 3 is 2.20 bits per heavy atom. The number of rotatable bonds is 7. The van der Waals surface area contributed by atoms with Crippen LogP contribution in [0.15, 0.2) is 48.5 Å². The second-order valence-corrected chi connectivity index (χ2v) is 10.8. The van der Waals surface area contributed by atoms with E-state index < -0.39 is 12.1 Å². The van der Waals surface area contributed by atoms with Crippen LogP contribution < -0.4 is 10.6 Å². The average molecular weight is 475 g/mol. The summed E-state index contributed by atoms with van der Waals surface area (Å²) < 4.78 is 5.68. The van der Waals surface area contributed by atoms with Crippen LogP contribution in [0.25, 0.3) is 11.1 Å². The quantitative estimate of drug-likeness (QED) is 0.561. The minimum absolute atomic E-state index is 0.0229. The molecule has 4 aliphatic carbocycles. The number of hydrogen-bond acceptors (Lipinski definition) is 4. The maximum absolute atomic E-state index is 12.9. The van der Waals surface area contributed by atoms with Gasteiger partial charge in [-0.15, -0.1) is 0 Å². The van der Waals surface area contributed by atoms with Crippen molar-refractivity contribution in [2.24, 2.45) is 17.3 Å². The summed E-state index contributed by atoms with van der Waals surface area (Å²) >= 11 is 0. The molecule has 0 saturated heterocycles. The highest BCUT2D eigenvalue weighted by molar-refractivity contribution is 5.87. The molecule has 0 heterocycles. The lowest BCUT2D eigenvalue weighted by Crippen LogP contribution is -2.48. The molecule has 4 aliphatic rings. The molecule has 2 aromatic carbocycles. The first kappa shape index (κ1) is 22.1. The summed E-state index contributed by atoms with van der Waals surface area (Å²) in [6.07, 6.45) is 3.52. The molecule has 0 spiro atoms. The van der Waals surface area contributed by atoms with Crippen molar-refractivity contribution in [2.75, 3.05) is 6.61 Å². The second kappa shape index (κ2) is 8.40. The van der Waals surface area contributed by atoms with Crippen molar-refractivity contribution in [3.8, 4) is 11.1 Å². The maximum atomic E-state index is 12.9. The largest absolute Gasteiger partial charge is 0.481 e. The molecule has 3 N–H and O–H groups in total. The SMILES string of the molecule is O=C(O)CC1CC(NC(=O)[C@]23C[C@H](NC(=O)OCC4c5ccccc5-c5ccccc54)C[C@H]2C3)C1. The van der Waals surface area contributed by atoms with Crippen LogP contribution in [-0.2, 0) is 14.3 Å². The molecule has 3 saturated carbocycles. The Morgan fingerprint density at radius 1 is 0.886 bits per heavy atom. The molecule has 2 amide bonds. The fourth-order valence-corrected chi connectivity index (χ4v) is 6.69. The summed E-state index contributed by atoms with van der Waals surface area (Å²) in [6.45, 7) is 0.279. The standard InChI is InChI=1S/C28H30N2O5/c31-25(32)11-16-9-18(10-16)29-26(33)28-13-17(28)12-19(14-28)30-27(34)35-15-24-22-7-3-1-5-20(22)21-6-2-4-8-23(21)24/h1-8,16-19,24H,9-15H2,(H,29,33)(H,30,34)(H,31,32)/t16?,17-,18?,19+,28+/m0/s1. The number of carboxylic acid groups (broad SMARTS) is 1. The van der Waals surface area contributed by atoms with Gasteiger partial charge in [0.2, 0.25) is 5.91 Å². The van der Waals surface area contributed by atoms with Crippen molar-refractivity contribution in [2.45, 2.75) is 56.5 Å². The lowest BCUT2D eigenvalue weighted by atomic mass is 9.78. The van der Waals surface area contributed by atoms with E-state index in [2.05, 4.69) is 34.9 Å². The van der Waals surface area contributed by atoms with E-state index in [0.717, 1.165) is 25.7 Å². The van der Waals surface area contributed by atoms with Gasteiger partial charge in [0.05, 0.1) is 5.41 Å². The van der Waals surface area contributed by atoms with Gasteiger partial charge in [0.15, 0.2) is 0 Å². The third-order valence-electron chi connectivity index (χ3n) is 8.56. The van der Waals surface area contributed by atoms with Gasteiger partial charge in [-0.1, -0.05) is 48.5 Å². The highest BCUT2D eigenvalue weighted by atomic mass is 16.5. The van der Waals surface area contributed by atoms with E-state index in [4.69, 9.17) is 9.84 Å². The van der Waals surface area contributed by atoms with Crippen molar-refractivity contribution in [3.63, 3.8) is 0 Å². The fraction of sp³-hybridized carbons (Fsp3) is 0.464. The molecule has 0 bridgehead atoms. The molecule has 0 unspecified atom stereocenters. The zero-order valence-electron chi connectivity index (χ0n) is 19.5. The van der Waals surface area contributed by atoms with Gasteiger partial charge in [-0.3, -0.25) is 9.59 Å². The molecular weight excluding hydrogens is 444 g/mol. The van der Waals surface area contributed by atoms with Gasteiger partial charge in [-0.25, -0.2) is 4.79 Å². The first-order valence-electron chi connectivity index (χ1n) is 12.6. The van der Waals surface area contributed by atoms with E-state index in [9.17, 15) is 14.4 Å². The summed E-state index contributed by atoms with van der Waals surface area (Å²) in [5.74, 6) is -0.223. The number of nitrogens with one attached hydrogen (secondary N) is 2. The summed E-state index contributed by atoms with van der Waals surface area (Å²) in [6, 6.07) is 16.5. The number of carbonyl (C=O) groups is 3. The number of ether oxygens (including phenoxy) is 1. The summed E-state index contributed by atoms with van der Waals surface area (Å²) in [7, 11) is 0. The number of fused-ring (bicyclic) bond motifs is 4. The predicted molar refractivity (Wildman–Crippen MR) is 129 cm³/mol. The Kier molecular flexibility index (Phi) is 5.31. The molecule has 3 fully saturated rings. The minimum atomic E-state index is -0.779. The van der Waals surface area contributed by atoms with Gasteiger partial charge in [-0.2, -0.15) is 0 Å². The van der Waals surface area contributed by atoms with Crippen LogP contribution in [0.3, 0.4) is 0 Å². The van der Waals surface area contributed by atoms with E-state index >= 15 is 0 Å². The zero-order chi connectivity index (χ0) is 24.2. The molecule has 0 aromatic heterocycles. The molecule has 2 aromatic rings. The fourth-order valence-electron chi connectivity index (χ4n) is 6.69. The maximum Gasteiger partial charge on any atom is 0.407 e. The second-order valence-electron chi connectivity index (χ2n) is 10.8. The number of hydrogen-bond donors (Lipinski definition) is 3. The van der Waals surface area contributed by atoms with Crippen molar-refractivity contribution < 1.29 is 24.2 Å². The van der Waals surface area contributed by atoms with E-state index in [0.29, 0.717) is 12.3 Å². The molecule has 7 nitrogen and oxygen atoms in total. The van der Waals surface area contributed by atoms with Gasteiger partial charge >= 0.3 is 12.1 Å². The van der Waals surface area contributed by atoms with Crippen molar-refractivity contribution >= 4 is 18.0 Å². The van der Waals surface area contributed by atoms with Gasteiger partial charge in [0.25, 0.3) is 0 Å². The summed E-state index contributed by atoms with van der Waals surface area (Å²) in [5, 5.41) is 15.0. The van der Waals surface area contributed by atoms with Crippen LogP contribution in [-0.4, -0.2) is 41.8 Å². The van der Waals surface area contributed by atoms with E-state index in [-0.39, 0.29) is 48.3 Å². The Bertz CT molecular complexity index is 1140. The summed E-state index contributed by atoms with van der Waals surface area (Å²) in [4.78, 5) is 36.4. The molecular formula is C28H30N2O5. The van der Waals surface area contributed by atoms with Crippen molar-refractivity contribution in [3.05, 3.63) is 59.7 Å². The average Bonchev–Trinajstić information content (AvgIpc) is 3.24. The lowest BCUT2D eigenvalue weighted by Gasteiger charge is -2.36. The van der Waals surface area contributed by atoms with Gasteiger partial charge < -0.3 is 20.5 Å². The number of amides is 2. The monoisotopic (exact) mass is 474 g/mol. The number of benzene rings is 2. The molecule has 182 valence electrons. The van der Waals surface area contributed by atoms with E-state index in [1.165, 1.54) is 22.3 Å². The normalized spacial score (nSPS) is 29.8. The smallest absolute Gasteiger partial charge is 0.407 e. The lowest BCUT2D eigenvalue weighted by molar-refractivity contribution is -0.139. The number of alkyl carbamates (subject to hydrolysis) is 1. The highest BCUT2D eigenvalue weighted by Crippen LogP contribution is 2.63. The van der Waals surface area contributed by atoms with Gasteiger partial charge in [0.1, 0.15) is 6.61 Å². The first-order valence-corrected chi connectivity index (χ1v) is 12.6. The summed E-state index contributed by atoms with van der Waals surface area (Å²) in [5.41, 5.74) is 4.38. The molecule has 3 atom stereocenters. The van der Waals surface area contributed by atoms with Crippen LogP contribution >= 0.6 is 0 Å². The van der Waals surface area contributed by atoms with Crippen LogP contribution in [0.4, 0.5) is 4.79 Å². The molecule has 7 heteroatoms. The van der Waals surface area contributed by atoms with Crippen LogP contribution in [0.1, 0.15) is 55.6 Å². The molecule has 0 radical (unpaired) electrons. The van der Waals surface area contributed by atoms with E-state index in [1.54, 1.807) is 0 Å². The topological polar surface area (TPSA) is 105 Å². The van der Waals surface area contributed by atoms with Gasteiger partial charge in [0, 0.05) is 24.4 Å². The first-order chi connectivity index (χ1) is 16.9. The van der Waals surface area contributed by atoms with Crippen molar-refractivity contribution in [1.82, 2.24) is 10.6 Å². The Morgan fingerprint density at radius 2 is 1.54 bits per heavy atom. The Balaban J connectivity index is 1.00. The third kappa shape index (κ3) is 3.97. The zero-order valence-corrected chi connectivity index (χ0v) is 19.5. The van der Waals surface area contributed by atoms with Crippen LogP contribution in [0, 0.1) is 17.3 Å². The molecule has 6 rings (SSSR count). The highest BCUT2D eigenvalue weighted by Gasteiger charge is 2.65. The molecule has 0 aliphatic heterocycles. The Labute approximate surface area is 204 Å². The Hall–Kier alpha value is -3.35. The predicted octanol–water partition coefficient (Wildman–Crippen LogP) is 4.06. The van der Waals surface area contributed by atoms with Crippen LogP contribution in [0.2, 0.25) is 0 Å². The number of carboxylic acids is 1. The molecule has 35 heavy (non-hydrogen) atoms. The van der Waals surface area contributed by atoms with Gasteiger partial charge in [-0.05, 0) is 66.2 Å². The number of carbonyl (C=O) groups excluding carboxylic acids is 2. The third-order valence-corrected chi connectivity index (χ3v) is 8.56. The minimum Gasteiger partial charge on any atom is -0.481 e.